The Morgan fingerprint density at radius 3 is 2.39 bits per heavy atom. The summed E-state index contributed by atoms with van der Waals surface area (Å²) >= 11 is 6.18. The Morgan fingerprint density at radius 1 is 0.947 bits per heavy atom. The molecule has 0 spiro atoms. The highest BCUT2D eigenvalue weighted by molar-refractivity contribution is 6.30. The molecule has 3 fully saturated rings. The number of hydrogen-bond donors (Lipinski definition) is 1. The molecule has 8 atom stereocenters. The lowest BCUT2D eigenvalue weighted by molar-refractivity contribution is -0.142. The number of amides is 2. The first kappa shape index (κ1) is 25.7. The lowest BCUT2D eigenvalue weighted by Gasteiger charge is -2.60. The molecule has 0 radical (unpaired) electrons. The van der Waals surface area contributed by atoms with Gasteiger partial charge in [-0.3, -0.25) is 9.59 Å². The summed E-state index contributed by atoms with van der Waals surface area (Å²) in [6, 6.07) is 18.2. The zero-order valence-corrected chi connectivity index (χ0v) is 23.5. The Balaban J connectivity index is 1.25. The number of nitrogens with zero attached hydrogens (tertiary/aromatic N) is 1. The van der Waals surface area contributed by atoms with Gasteiger partial charge in [0.1, 0.15) is 0 Å². The molecule has 1 N–H and O–H groups in total. The molecule has 1 heterocycles. The topological polar surface area (TPSA) is 49.4 Å². The van der Waals surface area contributed by atoms with Gasteiger partial charge in [0.15, 0.2) is 0 Å². The zero-order chi connectivity index (χ0) is 26.7. The Bertz CT molecular complexity index is 1240. The highest BCUT2D eigenvalue weighted by Crippen LogP contribution is 2.65. The number of carbonyl (C=O) groups is 2. The Hall–Kier alpha value is -2.59. The molecule has 3 saturated carbocycles. The fourth-order valence-corrected chi connectivity index (χ4v) is 9.20. The molecule has 2 aromatic carbocycles. The van der Waals surface area contributed by atoms with Crippen molar-refractivity contribution in [3.05, 3.63) is 82.9 Å². The van der Waals surface area contributed by atoms with Crippen molar-refractivity contribution in [1.82, 2.24) is 10.2 Å². The summed E-state index contributed by atoms with van der Waals surface area (Å²) in [6.45, 7) is 4.78. The maximum atomic E-state index is 14.1. The van der Waals surface area contributed by atoms with Crippen molar-refractivity contribution >= 4 is 23.4 Å². The lowest BCUT2D eigenvalue weighted by Crippen LogP contribution is -2.59. The quantitative estimate of drug-likeness (QED) is 0.472. The van der Waals surface area contributed by atoms with Gasteiger partial charge in [-0.2, -0.15) is 0 Å². The third-order valence-electron chi connectivity index (χ3n) is 11.1. The minimum absolute atomic E-state index is 0.00971. The average molecular weight is 531 g/mol. The van der Waals surface area contributed by atoms with E-state index in [0.29, 0.717) is 22.8 Å². The van der Waals surface area contributed by atoms with Gasteiger partial charge in [-0.05, 0) is 91.0 Å². The highest BCUT2D eigenvalue weighted by Gasteiger charge is 2.61. The van der Waals surface area contributed by atoms with Gasteiger partial charge in [-0.1, -0.05) is 74.0 Å². The molecule has 0 bridgehead atoms. The summed E-state index contributed by atoms with van der Waals surface area (Å²) in [5.74, 6) is 2.07. The zero-order valence-electron chi connectivity index (χ0n) is 22.7. The predicted molar refractivity (Wildman–Crippen MR) is 151 cm³/mol. The van der Waals surface area contributed by atoms with Crippen LogP contribution in [0.2, 0.25) is 5.02 Å². The summed E-state index contributed by atoms with van der Waals surface area (Å²) in [7, 11) is 1.97. The van der Waals surface area contributed by atoms with Gasteiger partial charge in [0.25, 0.3) is 0 Å². The van der Waals surface area contributed by atoms with Crippen LogP contribution in [0.3, 0.4) is 0 Å². The van der Waals surface area contributed by atoms with Crippen LogP contribution in [0.25, 0.3) is 0 Å². The first-order valence-corrected chi connectivity index (χ1v) is 14.7. The Labute approximate surface area is 231 Å². The maximum Gasteiger partial charge on any atom is 0.246 e. The van der Waals surface area contributed by atoms with E-state index in [0.717, 1.165) is 49.7 Å². The van der Waals surface area contributed by atoms with Crippen LogP contribution in [0, 0.1) is 34.5 Å². The minimum Gasteiger partial charge on any atom is -0.345 e. The number of carbonyl (C=O) groups excluding carboxylic acids is 2. The Kier molecular flexibility index (Phi) is 6.45. The van der Waals surface area contributed by atoms with E-state index in [4.69, 9.17) is 11.6 Å². The van der Waals surface area contributed by atoms with E-state index in [1.165, 1.54) is 0 Å². The van der Waals surface area contributed by atoms with Crippen LogP contribution in [0.5, 0.6) is 0 Å². The van der Waals surface area contributed by atoms with Crippen LogP contribution < -0.4 is 5.32 Å². The second kappa shape index (κ2) is 9.55. The molecule has 3 unspecified atom stereocenters. The van der Waals surface area contributed by atoms with Gasteiger partial charge in [-0.25, -0.2) is 0 Å². The van der Waals surface area contributed by atoms with Gasteiger partial charge < -0.3 is 10.2 Å². The second-order valence-corrected chi connectivity index (χ2v) is 13.1. The molecule has 3 aliphatic carbocycles. The molecule has 1 aliphatic heterocycles. The molecule has 5 heteroatoms. The van der Waals surface area contributed by atoms with Crippen LogP contribution >= 0.6 is 11.6 Å². The minimum atomic E-state index is -0.199. The standard InChI is InChI=1S/C33H39ClN2O2/c1-32-19-17-26-24(13-16-28-33(26,2)20-18-29(37)36(28)3)25(32)14-15-27(32)31(38)35-30(21-7-5-4-6-8-21)22-9-11-23(34)12-10-22/h4-12,18,20,24-28,30H,13-17,19H2,1-3H3,(H,35,38)/t24-,25-,26+,27?,28?,30?,32-,33+/m0/s1. The van der Waals surface area contributed by atoms with E-state index in [-0.39, 0.29) is 40.6 Å². The number of halogens is 1. The fraction of sp³-hybridized carbons (Fsp3) is 0.515. The van der Waals surface area contributed by atoms with Crippen molar-refractivity contribution in [2.24, 2.45) is 34.5 Å². The van der Waals surface area contributed by atoms with Gasteiger partial charge in [-0.15, -0.1) is 0 Å². The van der Waals surface area contributed by atoms with E-state index in [1.807, 2.05) is 54.4 Å². The summed E-state index contributed by atoms with van der Waals surface area (Å²) in [4.78, 5) is 28.4. The number of hydrogen-bond acceptors (Lipinski definition) is 2. The summed E-state index contributed by atoms with van der Waals surface area (Å²) < 4.78 is 0. The molecule has 6 rings (SSSR count). The van der Waals surface area contributed by atoms with Crippen molar-refractivity contribution < 1.29 is 9.59 Å². The highest BCUT2D eigenvalue weighted by atomic mass is 35.5. The molecule has 0 saturated heterocycles. The lowest BCUT2D eigenvalue weighted by atomic mass is 9.47. The van der Waals surface area contributed by atoms with Crippen LogP contribution in [-0.4, -0.2) is 29.8 Å². The summed E-state index contributed by atoms with van der Waals surface area (Å²) in [5.41, 5.74) is 2.17. The summed E-state index contributed by atoms with van der Waals surface area (Å²) in [5, 5.41) is 4.16. The average Bonchev–Trinajstić information content (AvgIpc) is 3.28. The maximum absolute atomic E-state index is 14.1. The van der Waals surface area contributed by atoms with Crippen LogP contribution in [-0.2, 0) is 9.59 Å². The van der Waals surface area contributed by atoms with Crippen LogP contribution in [0.4, 0.5) is 0 Å². The third-order valence-corrected chi connectivity index (χ3v) is 11.3. The smallest absolute Gasteiger partial charge is 0.246 e. The van der Waals surface area contributed by atoms with Crippen molar-refractivity contribution in [3.8, 4) is 0 Å². The van der Waals surface area contributed by atoms with E-state index in [2.05, 4.69) is 37.4 Å². The number of rotatable bonds is 4. The molecule has 4 nitrogen and oxygen atoms in total. The number of likely N-dealkylation sites (N-methyl/N-ethyl adjacent to an activating group) is 1. The van der Waals surface area contributed by atoms with Gasteiger partial charge in [0.05, 0.1) is 6.04 Å². The van der Waals surface area contributed by atoms with Gasteiger partial charge >= 0.3 is 0 Å². The molecule has 4 aliphatic rings. The second-order valence-electron chi connectivity index (χ2n) is 12.7. The summed E-state index contributed by atoms with van der Waals surface area (Å²) in [6.07, 6.45) is 10.5. The molecular weight excluding hydrogens is 492 g/mol. The molecule has 0 aromatic heterocycles. The number of benzene rings is 2. The van der Waals surface area contributed by atoms with E-state index >= 15 is 0 Å². The van der Waals surface area contributed by atoms with Crippen molar-refractivity contribution in [2.75, 3.05) is 7.05 Å². The largest absolute Gasteiger partial charge is 0.345 e. The fourth-order valence-electron chi connectivity index (χ4n) is 9.07. The molecule has 2 amide bonds. The normalized spacial score (nSPS) is 36.7. The monoisotopic (exact) mass is 530 g/mol. The number of nitrogens with one attached hydrogen (secondary N) is 1. The van der Waals surface area contributed by atoms with Gasteiger partial charge in [0, 0.05) is 29.4 Å². The van der Waals surface area contributed by atoms with Crippen LogP contribution in [0.15, 0.2) is 66.7 Å². The third kappa shape index (κ3) is 4.02. The first-order chi connectivity index (χ1) is 18.2. The predicted octanol–water partition coefficient (Wildman–Crippen LogP) is 6.80. The first-order valence-electron chi connectivity index (χ1n) is 14.3. The van der Waals surface area contributed by atoms with Gasteiger partial charge in [0.2, 0.25) is 11.8 Å². The number of fused-ring (bicyclic) bond motifs is 5. The van der Waals surface area contributed by atoms with Crippen LogP contribution in [0.1, 0.15) is 69.5 Å². The molecule has 2 aromatic rings. The SMILES string of the molecule is CN1C(=O)C=C[C@@]2(C)C1CC[C@@H]1[C@H]2CC[C@]2(C)C(C(=O)NC(c3ccccc3)c3ccc(Cl)cc3)CC[C@@H]12. The van der Waals surface area contributed by atoms with Crippen molar-refractivity contribution in [1.29, 1.82) is 0 Å². The Morgan fingerprint density at radius 2 is 1.66 bits per heavy atom. The van der Waals surface area contributed by atoms with E-state index in [9.17, 15) is 9.59 Å². The molecule has 38 heavy (non-hydrogen) atoms. The van der Waals surface area contributed by atoms with E-state index in [1.54, 1.807) is 6.08 Å². The molecular formula is C33H39ClN2O2. The molecule has 200 valence electrons. The van der Waals surface area contributed by atoms with Crippen molar-refractivity contribution in [2.45, 2.75) is 64.5 Å². The van der Waals surface area contributed by atoms with Crippen molar-refractivity contribution in [3.63, 3.8) is 0 Å². The van der Waals surface area contributed by atoms with E-state index < -0.39 is 0 Å².